The van der Waals surface area contributed by atoms with Crippen molar-refractivity contribution >= 4 is 22.5 Å². The van der Waals surface area contributed by atoms with E-state index in [2.05, 4.69) is 9.97 Å². The first kappa shape index (κ1) is 14.6. The first-order chi connectivity index (χ1) is 10.3. The van der Waals surface area contributed by atoms with Crippen LogP contribution in [0.15, 0.2) is 47.3 Å². The minimum absolute atomic E-state index is 0.0386. The van der Waals surface area contributed by atoms with Crippen LogP contribution >= 0.6 is 11.6 Å². The molecule has 0 bridgehead atoms. The van der Waals surface area contributed by atoms with Gasteiger partial charge in [0.05, 0.1) is 16.5 Å². The van der Waals surface area contributed by atoms with E-state index in [1.54, 1.807) is 24.3 Å². The molecule has 0 aliphatic carbocycles. The van der Waals surface area contributed by atoms with E-state index in [1.165, 1.54) is 6.07 Å². The van der Waals surface area contributed by atoms with E-state index in [-0.39, 0.29) is 16.4 Å². The molecule has 0 aliphatic heterocycles. The van der Waals surface area contributed by atoms with Crippen LogP contribution in [0.1, 0.15) is 5.56 Å². The van der Waals surface area contributed by atoms with E-state index in [9.17, 15) is 18.0 Å². The minimum Gasteiger partial charge on any atom is -0.306 e. The largest absolute Gasteiger partial charge is 0.416 e. The number of nitrogens with zero attached hydrogens (tertiary/aromatic N) is 1. The zero-order valence-corrected chi connectivity index (χ0v) is 11.7. The molecule has 0 aliphatic rings. The number of hydrogen-bond acceptors (Lipinski definition) is 2. The van der Waals surface area contributed by atoms with Gasteiger partial charge in [-0.05, 0) is 30.3 Å². The highest BCUT2D eigenvalue weighted by Gasteiger charge is 2.31. The Balaban J connectivity index is 2.24. The lowest BCUT2D eigenvalue weighted by molar-refractivity contribution is -0.137. The molecule has 22 heavy (non-hydrogen) atoms. The van der Waals surface area contributed by atoms with Crippen LogP contribution in [0.5, 0.6) is 0 Å². The summed E-state index contributed by atoms with van der Waals surface area (Å²) >= 11 is 5.74. The van der Waals surface area contributed by atoms with Crippen LogP contribution in [0, 0.1) is 0 Å². The van der Waals surface area contributed by atoms with Crippen molar-refractivity contribution in [2.75, 3.05) is 0 Å². The van der Waals surface area contributed by atoms with Crippen LogP contribution in [0.25, 0.3) is 22.3 Å². The number of aromatic nitrogens is 2. The Kier molecular flexibility index (Phi) is 3.41. The Labute approximate surface area is 127 Å². The molecule has 1 heterocycles. The molecule has 1 N–H and O–H groups in total. The summed E-state index contributed by atoms with van der Waals surface area (Å²) in [4.78, 5) is 18.7. The summed E-state index contributed by atoms with van der Waals surface area (Å²) in [5.74, 6) is 0.0386. The van der Waals surface area contributed by atoms with Crippen LogP contribution in [-0.4, -0.2) is 9.97 Å². The molecule has 0 fully saturated rings. The molecular formula is C15H8ClF3N2O. The first-order valence-electron chi connectivity index (χ1n) is 6.22. The number of halogens is 4. The summed E-state index contributed by atoms with van der Waals surface area (Å²) in [5.41, 5.74) is -0.822. The zero-order chi connectivity index (χ0) is 15.9. The highest BCUT2D eigenvalue weighted by Crippen LogP contribution is 2.34. The molecule has 7 heteroatoms. The number of benzene rings is 2. The third-order valence-electron chi connectivity index (χ3n) is 3.11. The van der Waals surface area contributed by atoms with Gasteiger partial charge in [-0.1, -0.05) is 23.7 Å². The van der Waals surface area contributed by atoms with E-state index in [0.29, 0.717) is 10.9 Å². The fraction of sp³-hybridized carbons (Fsp3) is 0.0667. The molecule has 0 saturated carbocycles. The Morgan fingerprint density at radius 3 is 2.55 bits per heavy atom. The summed E-state index contributed by atoms with van der Waals surface area (Å²) in [7, 11) is 0. The molecule has 2 aromatic carbocycles. The number of fused-ring (bicyclic) bond motifs is 1. The molecule has 0 amide bonds. The number of rotatable bonds is 1. The fourth-order valence-electron chi connectivity index (χ4n) is 2.11. The molecule has 3 nitrogen and oxygen atoms in total. The van der Waals surface area contributed by atoms with E-state index in [4.69, 9.17) is 11.6 Å². The van der Waals surface area contributed by atoms with Crippen molar-refractivity contribution in [3.05, 3.63) is 63.4 Å². The van der Waals surface area contributed by atoms with Gasteiger partial charge in [-0.3, -0.25) is 4.79 Å². The maximum absolute atomic E-state index is 12.8. The summed E-state index contributed by atoms with van der Waals surface area (Å²) < 4.78 is 38.5. The predicted octanol–water partition coefficient (Wildman–Crippen LogP) is 4.26. The van der Waals surface area contributed by atoms with E-state index >= 15 is 0 Å². The summed E-state index contributed by atoms with van der Waals surface area (Å²) in [6.45, 7) is 0. The zero-order valence-electron chi connectivity index (χ0n) is 10.9. The number of nitrogens with one attached hydrogen (secondary N) is 1. The summed E-state index contributed by atoms with van der Waals surface area (Å²) in [6, 6.07) is 9.62. The highest BCUT2D eigenvalue weighted by atomic mass is 35.5. The number of aromatic amines is 1. The van der Waals surface area contributed by atoms with Crippen molar-refractivity contribution in [2.45, 2.75) is 6.18 Å². The van der Waals surface area contributed by atoms with Crippen molar-refractivity contribution < 1.29 is 13.2 Å². The van der Waals surface area contributed by atoms with E-state index in [1.807, 2.05) is 0 Å². The van der Waals surface area contributed by atoms with Gasteiger partial charge in [0.15, 0.2) is 0 Å². The van der Waals surface area contributed by atoms with Crippen molar-refractivity contribution in [3.63, 3.8) is 0 Å². The molecule has 112 valence electrons. The van der Waals surface area contributed by atoms with Gasteiger partial charge in [0.1, 0.15) is 5.82 Å². The van der Waals surface area contributed by atoms with Crippen LogP contribution in [0.3, 0.4) is 0 Å². The summed E-state index contributed by atoms with van der Waals surface area (Å²) in [6.07, 6.45) is -4.53. The van der Waals surface area contributed by atoms with Gasteiger partial charge < -0.3 is 4.98 Å². The molecule has 1 aromatic heterocycles. The van der Waals surface area contributed by atoms with Crippen LogP contribution in [-0.2, 0) is 6.18 Å². The van der Waals surface area contributed by atoms with Gasteiger partial charge in [-0.15, -0.1) is 0 Å². The summed E-state index contributed by atoms with van der Waals surface area (Å²) in [5, 5.41) is 0.282. The van der Waals surface area contributed by atoms with Crippen molar-refractivity contribution in [2.24, 2.45) is 0 Å². The second kappa shape index (κ2) is 5.14. The highest BCUT2D eigenvalue weighted by molar-refractivity contribution is 6.30. The molecule has 0 saturated heterocycles. The molecule has 0 radical (unpaired) electrons. The number of alkyl halides is 3. The van der Waals surface area contributed by atoms with E-state index in [0.717, 1.165) is 12.1 Å². The Bertz CT molecular complexity index is 919. The lowest BCUT2D eigenvalue weighted by Crippen LogP contribution is -2.10. The standard InChI is InChI=1S/C15H8ClF3N2O/c16-10-6-8(5-9(7-10)15(17,18)19)13-20-12-4-2-1-3-11(12)14(22)21-13/h1-7H,(H,20,21,22). The van der Waals surface area contributed by atoms with E-state index < -0.39 is 17.3 Å². The molecule has 3 rings (SSSR count). The SMILES string of the molecule is O=c1[nH]c(-c2cc(Cl)cc(C(F)(F)F)c2)nc2ccccc12. The lowest BCUT2D eigenvalue weighted by Gasteiger charge is -2.10. The van der Waals surface area contributed by atoms with Gasteiger partial charge in [0.25, 0.3) is 5.56 Å². The van der Waals surface area contributed by atoms with Gasteiger partial charge in [-0.25, -0.2) is 4.98 Å². The van der Waals surface area contributed by atoms with Crippen LogP contribution < -0.4 is 5.56 Å². The topological polar surface area (TPSA) is 45.8 Å². The van der Waals surface area contributed by atoms with Crippen molar-refractivity contribution in [1.29, 1.82) is 0 Å². The second-order valence-corrected chi connectivity index (χ2v) is 5.09. The maximum atomic E-state index is 12.8. The fourth-order valence-corrected chi connectivity index (χ4v) is 2.35. The Hall–Kier alpha value is -2.34. The average Bonchev–Trinajstić information content (AvgIpc) is 2.45. The van der Waals surface area contributed by atoms with Crippen LogP contribution in [0.2, 0.25) is 5.02 Å². The van der Waals surface area contributed by atoms with Gasteiger partial charge >= 0.3 is 6.18 Å². The molecule has 0 spiro atoms. The Morgan fingerprint density at radius 2 is 1.82 bits per heavy atom. The number of hydrogen-bond donors (Lipinski definition) is 1. The van der Waals surface area contributed by atoms with Gasteiger partial charge in [0, 0.05) is 10.6 Å². The number of H-pyrrole nitrogens is 1. The monoisotopic (exact) mass is 324 g/mol. The lowest BCUT2D eigenvalue weighted by atomic mass is 10.1. The maximum Gasteiger partial charge on any atom is 0.416 e. The van der Waals surface area contributed by atoms with Crippen molar-refractivity contribution in [3.8, 4) is 11.4 Å². The minimum atomic E-state index is -4.53. The smallest absolute Gasteiger partial charge is 0.306 e. The molecule has 0 atom stereocenters. The molecular weight excluding hydrogens is 317 g/mol. The third kappa shape index (κ3) is 2.69. The van der Waals surface area contributed by atoms with Gasteiger partial charge in [-0.2, -0.15) is 13.2 Å². The second-order valence-electron chi connectivity index (χ2n) is 4.66. The van der Waals surface area contributed by atoms with Crippen LogP contribution in [0.4, 0.5) is 13.2 Å². The molecule has 0 unspecified atom stereocenters. The van der Waals surface area contributed by atoms with Gasteiger partial charge in [0.2, 0.25) is 0 Å². The predicted molar refractivity (Wildman–Crippen MR) is 77.8 cm³/mol. The third-order valence-corrected chi connectivity index (χ3v) is 3.33. The average molecular weight is 325 g/mol. The number of para-hydroxylation sites is 1. The first-order valence-corrected chi connectivity index (χ1v) is 6.59. The normalized spacial score (nSPS) is 11.8. The van der Waals surface area contributed by atoms with Crippen molar-refractivity contribution in [1.82, 2.24) is 9.97 Å². The Morgan fingerprint density at radius 1 is 1.09 bits per heavy atom. The molecule has 3 aromatic rings. The quantitative estimate of drug-likeness (QED) is 0.727.